The zero-order valence-corrected chi connectivity index (χ0v) is 14.2. The first-order valence-corrected chi connectivity index (χ1v) is 8.40. The second-order valence-corrected chi connectivity index (χ2v) is 6.20. The van der Waals surface area contributed by atoms with Gasteiger partial charge in [-0.05, 0) is 62.4 Å². The van der Waals surface area contributed by atoms with Crippen molar-refractivity contribution in [3.05, 3.63) is 53.5 Å². The Morgan fingerprint density at radius 3 is 3.00 bits per heavy atom. The van der Waals surface area contributed by atoms with E-state index in [4.69, 9.17) is 4.74 Å². The van der Waals surface area contributed by atoms with Crippen LogP contribution in [0.4, 0.5) is 0 Å². The van der Waals surface area contributed by atoms with Crippen molar-refractivity contribution in [1.82, 2.24) is 14.9 Å². The van der Waals surface area contributed by atoms with E-state index in [1.807, 2.05) is 18.0 Å². The molecule has 0 N–H and O–H groups in total. The molecular weight excluding hydrogens is 302 g/mol. The summed E-state index contributed by atoms with van der Waals surface area (Å²) in [5.74, 6) is 0.422. The van der Waals surface area contributed by atoms with Gasteiger partial charge in [-0.25, -0.2) is 4.98 Å². The fraction of sp³-hybridized carbons (Fsp3) is 0.421. The summed E-state index contributed by atoms with van der Waals surface area (Å²) in [4.78, 5) is 23.3. The second-order valence-electron chi connectivity index (χ2n) is 6.20. The molecule has 5 nitrogen and oxygen atoms in total. The van der Waals surface area contributed by atoms with Crippen LogP contribution in [0.15, 0.2) is 36.7 Å². The highest BCUT2D eigenvalue weighted by molar-refractivity contribution is 5.96. The molecule has 0 saturated carbocycles. The smallest absolute Gasteiger partial charge is 0.259 e. The van der Waals surface area contributed by atoms with Crippen molar-refractivity contribution in [1.29, 1.82) is 0 Å². The van der Waals surface area contributed by atoms with Crippen LogP contribution in [0.1, 0.15) is 40.9 Å². The molecule has 2 aromatic rings. The fourth-order valence-corrected chi connectivity index (χ4v) is 3.37. The van der Waals surface area contributed by atoms with Crippen LogP contribution < -0.4 is 4.74 Å². The molecule has 0 radical (unpaired) electrons. The van der Waals surface area contributed by atoms with Crippen molar-refractivity contribution < 1.29 is 9.53 Å². The van der Waals surface area contributed by atoms with Gasteiger partial charge < -0.3 is 9.64 Å². The van der Waals surface area contributed by atoms with Crippen molar-refractivity contribution in [2.24, 2.45) is 0 Å². The minimum atomic E-state index is 0.0216. The zero-order valence-electron chi connectivity index (χ0n) is 14.2. The van der Waals surface area contributed by atoms with Gasteiger partial charge in [-0.1, -0.05) is 0 Å². The van der Waals surface area contributed by atoms with E-state index in [1.54, 1.807) is 25.4 Å². The van der Waals surface area contributed by atoms with Crippen LogP contribution in [-0.4, -0.2) is 40.5 Å². The second kappa shape index (κ2) is 7.43. The predicted molar refractivity (Wildman–Crippen MR) is 92.1 cm³/mol. The monoisotopic (exact) mass is 325 g/mol. The number of aromatic nitrogens is 2. The van der Waals surface area contributed by atoms with E-state index in [0.717, 1.165) is 37.9 Å². The van der Waals surface area contributed by atoms with Gasteiger partial charge in [0.2, 0.25) is 5.88 Å². The molecule has 1 aliphatic rings. The van der Waals surface area contributed by atoms with Crippen LogP contribution in [0.3, 0.4) is 0 Å². The largest absolute Gasteiger partial charge is 0.480 e. The number of carbonyl (C=O) groups is 1. The third kappa shape index (κ3) is 3.55. The van der Waals surface area contributed by atoms with Crippen LogP contribution in [0.2, 0.25) is 0 Å². The number of hydrogen-bond donors (Lipinski definition) is 0. The highest BCUT2D eigenvalue weighted by Gasteiger charge is 2.30. The molecule has 5 heteroatoms. The molecule has 3 rings (SSSR count). The third-order valence-corrected chi connectivity index (χ3v) is 4.56. The van der Waals surface area contributed by atoms with E-state index >= 15 is 0 Å². The first-order chi connectivity index (χ1) is 11.7. The molecule has 3 heterocycles. The summed E-state index contributed by atoms with van der Waals surface area (Å²) in [7, 11) is 1.55. The van der Waals surface area contributed by atoms with E-state index < -0.39 is 0 Å². The van der Waals surface area contributed by atoms with Crippen LogP contribution in [0, 0.1) is 6.92 Å². The lowest BCUT2D eigenvalue weighted by Gasteiger charge is -2.25. The van der Waals surface area contributed by atoms with E-state index in [1.165, 1.54) is 5.56 Å². The summed E-state index contributed by atoms with van der Waals surface area (Å²) in [5.41, 5.74) is 2.86. The van der Waals surface area contributed by atoms with Crippen molar-refractivity contribution >= 4 is 5.91 Å². The normalized spacial score (nSPS) is 17.1. The number of nitrogens with zero attached hydrogens (tertiary/aromatic N) is 3. The van der Waals surface area contributed by atoms with Gasteiger partial charge in [0.25, 0.3) is 5.91 Å². The number of aryl methyl sites for hydroxylation is 2. The molecule has 1 aliphatic heterocycles. The average Bonchev–Trinajstić information content (AvgIpc) is 3.08. The van der Waals surface area contributed by atoms with Gasteiger partial charge >= 0.3 is 0 Å². The molecular formula is C19H23N3O2. The Labute approximate surface area is 142 Å². The molecule has 0 unspecified atom stereocenters. The van der Waals surface area contributed by atoms with E-state index in [-0.39, 0.29) is 11.9 Å². The highest BCUT2D eigenvalue weighted by Crippen LogP contribution is 2.26. The first-order valence-electron chi connectivity index (χ1n) is 8.40. The number of likely N-dealkylation sites (tertiary alicyclic amines) is 1. The maximum atomic E-state index is 12.9. The summed E-state index contributed by atoms with van der Waals surface area (Å²) >= 11 is 0. The Balaban J connectivity index is 1.70. The maximum Gasteiger partial charge on any atom is 0.259 e. The lowest BCUT2D eigenvalue weighted by atomic mass is 10.0. The average molecular weight is 325 g/mol. The van der Waals surface area contributed by atoms with Crippen LogP contribution in [0.25, 0.3) is 0 Å². The number of rotatable bonds is 5. The van der Waals surface area contributed by atoms with Crippen molar-refractivity contribution in [3.8, 4) is 5.88 Å². The van der Waals surface area contributed by atoms with Crippen molar-refractivity contribution in [2.75, 3.05) is 13.7 Å². The van der Waals surface area contributed by atoms with Gasteiger partial charge in [0, 0.05) is 30.7 Å². The summed E-state index contributed by atoms with van der Waals surface area (Å²) < 4.78 is 5.24. The van der Waals surface area contributed by atoms with E-state index in [2.05, 4.69) is 22.1 Å². The molecule has 0 aliphatic carbocycles. The number of methoxy groups -OCH3 is 1. The number of hydrogen-bond acceptors (Lipinski definition) is 4. The molecule has 126 valence electrons. The number of amides is 1. The molecule has 1 fully saturated rings. The van der Waals surface area contributed by atoms with Gasteiger partial charge in [0.05, 0.1) is 7.11 Å². The van der Waals surface area contributed by atoms with Crippen molar-refractivity contribution in [3.63, 3.8) is 0 Å². The Bertz CT molecular complexity index is 717. The Hall–Kier alpha value is -2.43. The van der Waals surface area contributed by atoms with Gasteiger partial charge in [-0.15, -0.1) is 0 Å². The van der Waals surface area contributed by atoms with Gasteiger partial charge in [-0.2, -0.15) is 0 Å². The number of carbonyl (C=O) groups excluding carboxylic acids is 1. The highest BCUT2D eigenvalue weighted by atomic mass is 16.5. The summed E-state index contributed by atoms with van der Waals surface area (Å²) in [6.07, 6.45) is 7.53. The van der Waals surface area contributed by atoms with Gasteiger partial charge in [0.15, 0.2) is 0 Å². The lowest BCUT2D eigenvalue weighted by Crippen LogP contribution is -2.36. The van der Waals surface area contributed by atoms with Gasteiger partial charge in [-0.3, -0.25) is 9.78 Å². The Kier molecular flexibility index (Phi) is 5.08. The third-order valence-electron chi connectivity index (χ3n) is 4.56. The quantitative estimate of drug-likeness (QED) is 0.848. The molecule has 0 bridgehead atoms. The molecule has 2 aromatic heterocycles. The fourth-order valence-electron chi connectivity index (χ4n) is 3.37. The van der Waals surface area contributed by atoms with Crippen LogP contribution >= 0.6 is 0 Å². The number of ether oxygens (including phenoxy) is 1. The molecule has 24 heavy (non-hydrogen) atoms. The summed E-state index contributed by atoms with van der Waals surface area (Å²) in [6.45, 7) is 2.81. The lowest BCUT2D eigenvalue weighted by molar-refractivity contribution is 0.0726. The summed E-state index contributed by atoms with van der Waals surface area (Å²) in [5, 5.41) is 0. The first kappa shape index (κ1) is 16.4. The van der Waals surface area contributed by atoms with Crippen molar-refractivity contribution in [2.45, 2.75) is 38.6 Å². The summed E-state index contributed by atoms with van der Waals surface area (Å²) in [6, 6.07) is 8.01. The minimum absolute atomic E-state index is 0.0216. The molecule has 1 atom stereocenters. The van der Waals surface area contributed by atoms with E-state index in [0.29, 0.717) is 11.4 Å². The van der Waals surface area contributed by atoms with Gasteiger partial charge in [0.1, 0.15) is 5.56 Å². The Morgan fingerprint density at radius 2 is 2.21 bits per heavy atom. The topological polar surface area (TPSA) is 55.3 Å². The molecule has 1 amide bonds. The minimum Gasteiger partial charge on any atom is -0.480 e. The maximum absolute atomic E-state index is 12.9. The van der Waals surface area contributed by atoms with Crippen LogP contribution in [0.5, 0.6) is 5.88 Å². The molecule has 1 saturated heterocycles. The molecule has 0 spiro atoms. The standard InChI is InChI=1S/C19H23N3O2/c1-14-13-15(9-11-20-14)7-8-16-5-4-12-22(16)19(23)17-6-3-10-21-18(17)24-2/h3,6,9-11,13,16H,4-5,7-8,12H2,1-2H3/t16-/m1/s1. The Morgan fingerprint density at radius 1 is 1.33 bits per heavy atom. The predicted octanol–water partition coefficient (Wildman–Crippen LogP) is 3.03. The van der Waals surface area contributed by atoms with E-state index in [9.17, 15) is 4.79 Å². The zero-order chi connectivity index (χ0) is 16.9. The molecule has 0 aromatic carbocycles. The number of pyridine rings is 2. The SMILES string of the molecule is COc1ncccc1C(=O)N1CCC[C@@H]1CCc1ccnc(C)c1. The van der Waals surface area contributed by atoms with Crippen LogP contribution in [-0.2, 0) is 6.42 Å².